The monoisotopic (exact) mass is 576 g/mol. The third-order valence-electron chi connectivity index (χ3n) is 5.04. The minimum absolute atomic E-state index is 0.0489. The summed E-state index contributed by atoms with van der Waals surface area (Å²) < 4.78 is 47.7. The topological polar surface area (TPSA) is 73.9 Å². The summed E-state index contributed by atoms with van der Waals surface area (Å²) in [6, 6.07) is 16.6. The molecule has 0 atom stereocenters. The summed E-state index contributed by atoms with van der Waals surface area (Å²) in [6.45, 7) is 1.90. The molecule has 0 saturated heterocycles. The Labute approximate surface area is 208 Å². The zero-order valence-corrected chi connectivity index (χ0v) is 20.3. The zero-order chi connectivity index (χ0) is 24.2. The Morgan fingerprint density at radius 3 is 2.32 bits per heavy atom. The number of pyridine rings is 1. The smallest absolute Gasteiger partial charge is 0.280 e. The minimum atomic E-state index is -2.76. The van der Waals surface area contributed by atoms with E-state index < -0.39 is 12.2 Å². The zero-order valence-electron chi connectivity index (χ0n) is 18.1. The molecule has 2 aromatic carbocycles. The number of ether oxygens (including phenoxy) is 1. The number of nitrogen functional groups attached to an aromatic ring is 1. The van der Waals surface area contributed by atoms with Gasteiger partial charge in [0.2, 0.25) is 11.8 Å². The summed E-state index contributed by atoms with van der Waals surface area (Å²) in [7, 11) is 0. The highest BCUT2D eigenvalue weighted by Crippen LogP contribution is 2.39. The lowest BCUT2D eigenvalue weighted by Crippen LogP contribution is -2.08. The average Bonchev–Trinajstić information content (AvgIpc) is 2.80. The van der Waals surface area contributed by atoms with Gasteiger partial charge in [-0.25, -0.2) is 18.2 Å². The number of rotatable bonds is 7. The van der Waals surface area contributed by atoms with Crippen molar-refractivity contribution in [2.24, 2.45) is 0 Å². The molecule has 0 amide bonds. The van der Waals surface area contributed by atoms with Gasteiger partial charge in [0.1, 0.15) is 11.5 Å². The van der Waals surface area contributed by atoms with E-state index in [1.165, 1.54) is 30.3 Å². The van der Waals surface area contributed by atoms with Gasteiger partial charge in [-0.05, 0) is 89.2 Å². The molecule has 174 valence electrons. The fourth-order valence-electron chi connectivity index (χ4n) is 3.50. The molecule has 2 N–H and O–H groups in total. The van der Waals surface area contributed by atoms with Gasteiger partial charge >= 0.3 is 0 Å². The molecule has 2 heterocycles. The Morgan fingerprint density at radius 1 is 0.941 bits per heavy atom. The molecule has 9 heteroatoms. The van der Waals surface area contributed by atoms with Crippen LogP contribution in [0.25, 0.3) is 22.4 Å². The van der Waals surface area contributed by atoms with Crippen molar-refractivity contribution in [2.75, 3.05) is 12.3 Å². The fourth-order valence-corrected chi connectivity index (χ4v) is 3.86. The van der Waals surface area contributed by atoms with E-state index in [1.54, 1.807) is 13.0 Å². The lowest BCUT2D eigenvalue weighted by molar-refractivity contribution is 0.146. The minimum Gasteiger partial charge on any atom is -0.477 e. The molecule has 4 rings (SSSR count). The number of benzene rings is 2. The number of anilines is 1. The maximum Gasteiger partial charge on any atom is 0.280 e. The molecule has 0 saturated carbocycles. The number of hydrogen-bond acceptors (Lipinski definition) is 5. The SMILES string of the molecule is Cc1cc(-c2c(OCCc3ccc(I)cc3)nc(N)nc2-c2ccc(F)cc2)cc(C(F)F)n1. The Morgan fingerprint density at radius 2 is 1.65 bits per heavy atom. The van der Waals surface area contributed by atoms with Gasteiger partial charge in [-0.1, -0.05) is 12.1 Å². The van der Waals surface area contributed by atoms with Crippen molar-refractivity contribution < 1.29 is 17.9 Å². The molecule has 0 radical (unpaired) electrons. The summed E-state index contributed by atoms with van der Waals surface area (Å²) >= 11 is 2.23. The van der Waals surface area contributed by atoms with E-state index in [0.29, 0.717) is 34.5 Å². The van der Waals surface area contributed by atoms with Crippen molar-refractivity contribution in [3.63, 3.8) is 0 Å². The maximum absolute atomic E-state index is 13.6. The van der Waals surface area contributed by atoms with Crippen LogP contribution in [0.1, 0.15) is 23.4 Å². The molecule has 0 fully saturated rings. The van der Waals surface area contributed by atoms with Crippen molar-refractivity contribution in [3.05, 3.63) is 87.0 Å². The van der Waals surface area contributed by atoms with Crippen molar-refractivity contribution in [2.45, 2.75) is 19.8 Å². The van der Waals surface area contributed by atoms with Crippen LogP contribution in [0.15, 0.2) is 60.7 Å². The number of halogens is 4. The summed E-state index contributed by atoms with van der Waals surface area (Å²) in [6.07, 6.45) is -2.16. The van der Waals surface area contributed by atoms with Gasteiger partial charge in [-0.2, -0.15) is 4.98 Å². The summed E-state index contributed by atoms with van der Waals surface area (Å²) in [5.74, 6) is -0.309. The second-order valence-electron chi connectivity index (χ2n) is 7.57. The lowest BCUT2D eigenvalue weighted by atomic mass is 9.99. The third-order valence-corrected chi connectivity index (χ3v) is 5.76. The number of nitrogens with two attached hydrogens (primary N) is 1. The highest BCUT2D eigenvalue weighted by atomic mass is 127. The molecule has 0 unspecified atom stereocenters. The Bertz CT molecular complexity index is 1300. The van der Waals surface area contributed by atoms with E-state index in [-0.39, 0.29) is 24.1 Å². The van der Waals surface area contributed by atoms with E-state index in [0.717, 1.165) is 9.13 Å². The lowest BCUT2D eigenvalue weighted by Gasteiger charge is -2.16. The standard InChI is InChI=1S/C25H20F3IN4O/c1-14-12-17(13-20(31-14)23(27)28)21-22(16-4-6-18(26)7-5-16)32-25(30)33-24(21)34-11-10-15-2-8-19(29)9-3-15/h2-9,12-13,23H,10-11H2,1H3,(H2,30,32,33). The fraction of sp³-hybridized carbons (Fsp3) is 0.160. The quantitative estimate of drug-likeness (QED) is 0.258. The van der Waals surface area contributed by atoms with Crippen molar-refractivity contribution >= 4 is 28.5 Å². The molecule has 0 aliphatic heterocycles. The van der Waals surface area contributed by atoms with Crippen LogP contribution in [-0.4, -0.2) is 21.6 Å². The second-order valence-corrected chi connectivity index (χ2v) is 8.81. The van der Waals surface area contributed by atoms with Gasteiger partial charge in [0.25, 0.3) is 6.43 Å². The predicted molar refractivity (Wildman–Crippen MR) is 133 cm³/mol. The number of hydrogen-bond donors (Lipinski definition) is 1. The molecule has 2 aromatic heterocycles. The third kappa shape index (κ3) is 5.64. The molecule has 5 nitrogen and oxygen atoms in total. The van der Waals surface area contributed by atoms with Crippen LogP contribution in [0.5, 0.6) is 5.88 Å². The Balaban J connectivity index is 1.80. The summed E-state index contributed by atoms with van der Waals surface area (Å²) in [4.78, 5) is 12.5. The highest BCUT2D eigenvalue weighted by Gasteiger charge is 2.21. The van der Waals surface area contributed by atoms with Gasteiger partial charge in [0, 0.05) is 21.2 Å². The summed E-state index contributed by atoms with van der Waals surface area (Å²) in [5.41, 5.74) is 8.76. The van der Waals surface area contributed by atoms with Gasteiger partial charge in [-0.15, -0.1) is 0 Å². The maximum atomic E-state index is 13.6. The Kier molecular flexibility index (Phi) is 7.30. The molecule has 34 heavy (non-hydrogen) atoms. The normalized spacial score (nSPS) is 11.1. The first-order valence-corrected chi connectivity index (χ1v) is 11.5. The summed E-state index contributed by atoms with van der Waals surface area (Å²) in [5, 5.41) is 0. The molecule has 0 aliphatic carbocycles. The first-order chi connectivity index (χ1) is 16.3. The van der Waals surface area contributed by atoms with Crippen LogP contribution in [0.2, 0.25) is 0 Å². The van der Waals surface area contributed by atoms with E-state index >= 15 is 0 Å². The molecule has 0 spiro atoms. The van der Waals surface area contributed by atoms with Crippen LogP contribution >= 0.6 is 22.6 Å². The van der Waals surface area contributed by atoms with Crippen molar-refractivity contribution in [1.82, 2.24) is 15.0 Å². The van der Waals surface area contributed by atoms with Crippen molar-refractivity contribution in [3.8, 4) is 28.3 Å². The van der Waals surface area contributed by atoms with E-state index in [2.05, 4.69) is 37.5 Å². The molecule has 4 aromatic rings. The van der Waals surface area contributed by atoms with Crippen molar-refractivity contribution in [1.29, 1.82) is 0 Å². The number of alkyl halides is 2. The molecule has 0 bridgehead atoms. The van der Waals surface area contributed by atoms with E-state index in [4.69, 9.17) is 10.5 Å². The van der Waals surface area contributed by atoms with Gasteiger partial charge in [-0.3, -0.25) is 4.98 Å². The van der Waals surface area contributed by atoms with Crippen LogP contribution in [0.4, 0.5) is 19.1 Å². The van der Waals surface area contributed by atoms with Gasteiger partial charge in [0.15, 0.2) is 0 Å². The van der Waals surface area contributed by atoms with Crippen LogP contribution in [-0.2, 0) is 6.42 Å². The van der Waals surface area contributed by atoms with E-state index in [1.807, 2.05) is 24.3 Å². The van der Waals surface area contributed by atoms with Gasteiger partial charge < -0.3 is 10.5 Å². The molecular formula is C25H20F3IN4O. The Hall–Kier alpha value is -3.21. The predicted octanol–water partition coefficient (Wildman–Crippen LogP) is 6.40. The number of nitrogens with zero attached hydrogens (tertiary/aromatic N) is 3. The van der Waals surface area contributed by atoms with E-state index in [9.17, 15) is 13.2 Å². The highest BCUT2D eigenvalue weighted by molar-refractivity contribution is 14.1. The average molecular weight is 576 g/mol. The van der Waals surface area contributed by atoms with Crippen LogP contribution in [0, 0.1) is 16.3 Å². The second kappa shape index (κ2) is 10.4. The number of aromatic nitrogens is 3. The van der Waals surface area contributed by atoms with Gasteiger partial charge in [0.05, 0.1) is 17.9 Å². The van der Waals surface area contributed by atoms with Crippen LogP contribution < -0.4 is 10.5 Å². The largest absolute Gasteiger partial charge is 0.477 e. The van der Waals surface area contributed by atoms with Crippen LogP contribution in [0.3, 0.4) is 0 Å². The number of aryl methyl sites for hydroxylation is 1. The first-order valence-electron chi connectivity index (χ1n) is 10.4. The molecular weight excluding hydrogens is 556 g/mol. The molecule has 0 aliphatic rings. The first kappa shape index (κ1) is 23.9.